The van der Waals surface area contributed by atoms with Crippen molar-refractivity contribution < 1.29 is 4.79 Å². The van der Waals surface area contributed by atoms with Crippen LogP contribution in [0.3, 0.4) is 0 Å². The fourth-order valence-corrected chi connectivity index (χ4v) is 0.969. The summed E-state index contributed by atoms with van der Waals surface area (Å²) in [5.41, 5.74) is 5.43. The number of hydrogen-bond donors (Lipinski definition) is 2. The molecule has 68 valence electrons. The van der Waals surface area contributed by atoms with Gasteiger partial charge in [0.25, 0.3) is 0 Å². The van der Waals surface area contributed by atoms with Crippen molar-refractivity contribution in [1.82, 2.24) is 14.8 Å². The SMILES string of the molecule is C#CCC(N)C(=O)Nc1nnns1. The third-order valence-corrected chi connectivity index (χ3v) is 1.72. The Hall–Kier alpha value is -1.52. The highest BCUT2D eigenvalue weighted by atomic mass is 32.1. The van der Waals surface area contributed by atoms with E-state index < -0.39 is 6.04 Å². The molecular formula is C6H7N5OS. The molecule has 0 saturated carbocycles. The molecule has 0 bridgehead atoms. The molecule has 0 aliphatic rings. The van der Waals surface area contributed by atoms with Crippen LogP contribution in [0.5, 0.6) is 0 Å². The van der Waals surface area contributed by atoms with E-state index in [0.29, 0.717) is 5.13 Å². The van der Waals surface area contributed by atoms with E-state index >= 15 is 0 Å². The van der Waals surface area contributed by atoms with E-state index in [0.717, 1.165) is 11.5 Å². The number of amides is 1. The van der Waals surface area contributed by atoms with Crippen LogP contribution in [-0.2, 0) is 4.79 Å². The molecule has 0 fully saturated rings. The highest BCUT2D eigenvalue weighted by Gasteiger charge is 2.13. The van der Waals surface area contributed by atoms with Gasteiger partial charge in [-0.05, 0) is 5.21 Å². The Morgan fingerprint density at radius 3 is 3.15 bits per heavy atom. The van der Waals surface area contributed by atoms with Crippen LogP contribution in [-0.4, -0.2) is 26.7 Å². The average molecular weight is 197 g/mol. The van der Waals surface area contributed by atoms with E-state index in [4.69, 9.17) is 12.2 Å². The summed E-state index contributed by atoms with van der Waals surface area (Å²) in [7, 11) is 0. The zero-order valence-corrected chi connectivity index (χ0v) is 7.41. The molecule has 0 aliphatic heterocycles. The van der Waals surface area contributed by atoms with E-state index in [2.05, 4.69) is 26.0 Å². The van der Waals surface area contributed by atoms with Gasteiger partial charge in [-0.1, -0.05) is 9.59 Å². The normalized spacial score (nSPS) is 11.7. The lowest BCUT2D eigenvalue weighted by molar-refractivity contribution is -0.117. The van der Waals surface area contributed by atoms with Gasteiger partial charge in [0.15, 0.2) is 0 Å². The second-order valence-corrected chi connectivity index (χ2v) is 2.90. The number of carbonyl (C=O) groups is 1. The van der Waals surface area contributed by atoms with Crippen molar-refractivity contribution in [1.29, 1.82) is 0 Å². The van der Waals surface area contributed by atoms with E-state index in [1.807, 2.05) is 0 Å². The van der Waals surface area contributed by atoms with Gasteiger partial charge in [0, 0.05) is 18.0 Å². The molecule has 0 aliphatic carbocycles. The van der Waals surface area contributed by atoms with Crippen LogP contribution in [0.4, 0.5) is 5.13 Å². The van der Waals surface area contributed by atoms with E-state index in [1.165, 1.54) is 0 Å². The number of nitrogens with zero attached hydrogens (tertiary/aromatic N) is 3. The van der Waals surface area contributed by atoms with Crippen LogP contribution in [0.25, 0.3) is 0 Å². The largest absolute Gasteiger partial charge is 0.319 e. The molecule has 13 heavy (non-hydrogen) atoms. The van der Waals surface area contributed by atoms with Crippen LogP contribution < -0.4 is 11.1 Å². The Morgan fingerprint density at radius 2 is 2.62 bits per heavy atom. The average Bonchev–Trinajstić information content (AvgIpc) is 2.57. The topological polar surface area (TPSA) is 93.8 Å². The number of aromatic nitrogens is 3. The van der Waals surface area contributed by atoms with Crippen molar-refractivity contribution in [3.63, 3.8) is 0 Å². The molecule has 0 saturated heterocycles. The first-order valence-corrected chi connectivity index (χ1v) is 4.16. The molecule has 1 amide bonds. The number of carbonyl (C=O) groups excluding carboxylic acids is 1. The molecule has 1 heterocycles. The van der Waals surface area contributed by atoms with Crippen LogP contribution in [0.2, 0.25) is 0 Å². The molecule has 1 rings (SSSR count). The van der Waals surface area contributed by atoms with Crippen molar-refractivity contribution in [3.8, 4) is 12.3 Å². The fourth-order valence-electron chi connectivity index (χ4n) is 0.600. The monoisotopic (exact) mass is 197 g/mol. The summed E-state index contributed by atoms with van der Waals surface area (Å²) in [5, 5.41) is 9.57. The second kappa shape index (κ2) is 4.49. The fraction of sp³-hybridized carbons (Fsp3) is 0.333. The standard InChI is InChI=1S/C6H7N5OS/c1-2-3-4(7)5(12)8-6-9-10-11-13-6/h1,4H,3,7H2,(H,8,9,11,12). The minimum Gasteiger partial charge on any atom is -0.319 e. The van der Waals surface area contributed by atoms with Gasteiger partial charge < -0.3 is 5.73 Å². The molecule has 1 aromatic heterocycles. The zero-order valence-electron chi connectivity index (χ0n) is 6.60. The number of nitrogens with two attached hydrogens (primary N) is 1. The van der Waals surface area contributed by atoms with Gasteiger partial charge in [0.2, 0.25) is 11.0 Å². The minimum absolute atomic E-state index is 0.193. The lowest BCUT2D eigenvalue weighted by Gasteiger charge is -2.05. The maximum absolute atomic E-state index is 11.2. The maximum Gasteiger partial charge on any atom is 0.244 e. The van der Waals surface area contributed by atoms with Crippen LogP contribution in [0, 0.1) is 12.3 Å². The summed E-state index contributed by atoms with van der Waals surface area (Å²) in [6, 6.07) is -0.714. The summed E-state index contributed by atoms with van der Waals surface area (Å²) in [5.74, 6) is 1.92. The van der Waals surface area contributed by atoms with Gasteiger partial charge >= 0.3 is 0 Å². The van der Waals surface area contributed by atoms with Gasteiger partial charge in [-0.15, -0.1) is 12.3 Å². The second-order valence-electron chi connectivity index (χ2n) is 2.17. The number of hydrogen-bond acceptors (Lipinski definition) is 6. The molecule has 3 N–H and O–H groups in total. The van der Waals surface area contributed by atoms with Crippen molar-refractivity contribution in [3.05, 3.63) is 0 Å². The quantitative estimate of drug-likeness (QED) is 0.620. The van der Waals surface area contributed by atoms with Crippen molar-refractivity contribution in [2.24, 2.45) is 5.73 Å². The first-order chi connectivity index (χ1) is 6.24. The highest BCUT2D eigenvalue weighted by Crippen LogP contribution is 2.04. The first-order valence-electron chi connectivity index (χ1n) is 3.39. The molecular weight excluding hydrogens is 190 g/mol. The Labute approximate surface area is 78.7 Å². The Bertz CT molecular complexity index is 316. The van der Waals surface area contributed by atoms with Crippen molar-refractivity contribution in [2.45, 2.75) is 12.5 Å². The van der Waals surface area contributed by atoms with Crippen LogP contribution >= 0.6 is 11.5 Å². The number of terminal acetylenes is 1. The van der Waals surface area contributed by atoms with Gasteiger partial charge in [-0.25, -0.2) is 0 Å². The third kappa shape index (κ3) is 2.77. The minimum atomic E-state index is -0.714. The molecule has 0 aromatic carbocycles. The molecule has 0 radical (unpaired) electrons. The predicted molar refractivity (Wildman–Crippen MR) is 47.8 cm³/mol. The van der Waals surface area contributed by atoms with Gasteiger partial charge in [-0.2, -0.15) is 0 Å². The lowest BCUT2D eigenvalue weighted by atomic mass is 10.2. The highest BCUT2D eigenvalue weighted by molar-refractivity contribution is 7.09. The molecule has 0 spiro atoms. The number of nitrogens with one attached hydrogen (secondary N) is 1. The molecule has 6 nitrogen and oxygen atoms in total. The predicted octanol–water partition coefficient (Wildman–Crippen LogP) is -0.778. The summed E-state index contributed by atoms with van der Waals surface area (Å²) in [4.78, 5) is 11.2. The van der Waals surface area contributed by atoms with E-state index in [9.17, 15) is 4.79 Å². The van der Waals surface area contributed by atoms with Crippen LogP contribution in [0.15, 0.2) is 0 Å². The summed E-state index contributed by atoms with van der Waals surface area (Å²) >= 11 is 0.975. The molecule has 7 heteroatoms. The summed E-state index contributed by atoms with van der Waals surface area (Å²) in [6.07, 6.45) is 5.19. The molecule has 1 atom stereocenters. The lowest BCUT2D eigenvalue weighted by Crippen LogP contribution is -2.35. The van der Waals surface area contributed by atoms with Crippen molar-refractivity contribution >= 4 is 22.6 Å². The van der Waals surface area contributed by atoms with Gasteiger partial charge in [-0.3, -0.25) is 10.1 Å². The van der Waals surface area contributed by atoms with E-state index in [1.54, 1.807) is 0 Å². The van der Waals surface area contributed by atoms with Gasteiger partial charge in [0.1, 0.15) is 0 Å². The van der Waals surface area contributed by atoms with Crippen LogP contribution in [0.1, 0.15) is 6.42 Å². The third-order valence-electron chi connectivity index (χ3n) is 1.20. The Morgan fingerprint density at radius 1 is 1.85 bits per heavy atom. The summed E-state index contributed by atoms with van der Waals surface area (Å²) in [6.45, 7) is 0. The smallest absolute Gasteiger partial charge is 0.244 e. The van der Waals surface area contributed by atoms with Gasteiger partial charge in [0.05, 0.1) is 6.04 Å². The molecule has 1 aromatic rings. The Balaban J connectivity index is 2.47. The van der Waals surface area contributed by atoms with Crippen molar-refractivity contribution in [2.75, 3.05) is 5.32 Å². The Kier molecular flexibility index (Phi) is 3.31. The molecule has 1 unspecified atom stereocenters. The van der Waals surface area contributed by atoms with E-state index in [-0.39, 0.29) is 12.3 Å². The first kappa shape index (κ1) is 9.57. The number of rotatable bonds is 3. The zero-order chi connectivity index (χ0) is 9.68. The number of anilines is 1. The maximum atomic E-state index is 11.2. The summed E-state index contributed by atoms with van der Waals surface area (Å²) < 4.78 is 3.47.